The number of aryl methyl sites for hydroxylation is 1. The third-order valence-electron chi connectivity index (χ3n) is 4.55. The van der Waals surface area contributed by atoms with Gasteiger partial charge in [0.1, 0.15) is 0 Å². The maximum atomic E-state index is 13.1. The van der Waals surface area contributed by atoms with E-state index in [1.165, 1.54) is 16.8 Å². The van der Waals surface area contributed by atoms with Gasteiger partial charge in [-0.15, -0.1) is 5.10 Å². The predicted molar refractivity (Wildman–Crippen MR) is 118 cm³/mol. The number of benzene rings is 3. The summed E-state index contributed by atoms with van der Waals surface area (Å²) in [5.74, 6) is -0.535. The van der Waals surface area contributed by atoms with E-state index in [1.54, 1.807) is 60.7 Å². The molecule has 0 aliphatic carbocycles. The number of nitrogens with one attached hydrogen (secondary N) is 1. The topological polar surface area (TPSA) is 93.9 Å². The largest absolute Gasteiger partial charge is 0.287 e. The number of hydrogen-bond acceptors (Lipinski definition) is 5. The first-order valence-electron chi connectivity index (χ1n) is 9.26. The number of halogens is 1. The van der Waals surface area contributed by atoms with E-state index in [1.807, 2.05) is 13.0 Å². The molecule has 0 saturated carbocycles. The average molecular weight is 453 g/mol. The molecule has 4 aromatic rings. The molecule has 0 unspecified atom stereocenters. The Hall–Kier alpha value is -3.49. The number of aromatic nitrogens is 3. The van der Waals surface area contributed by atoms with E-state index in [0.717, 1.165) is 5.56 Å². The molecule has 0 radical (unpaired) electrons. The molecule has 1 N–H and O–H groups in total. The number of carbonyl (C=O) groups is 1. The van der Waals surface area contributed by atoms with Gasteiger partial charge in [0.25, 0.3) is 10.0 Å². The first-order chi connectivity index (χ1) is 14.8. The number of nitrogens with zero attached hydrogens (tertiary/aromatic N) is 3. The minimum atomic E-state index is -4.00. The number of hydrogen-bond donors (Lipinski definition) is 1. The smallest absolute Gasteiger partial charge is 0.263 e. The Morgan fingerprint density at radius 2 is 1.58 bits per heavy atom. The monoisotopic (exact) mass is 452 g/mol. The van der Waals surface area contributed by atoms with Crippen LogP contribution >= 0.6 is 11.6 Å². The van der Waals surface area contributed by atoms with E-state index in [2.05, 4.69) is 15.0 Å². The maximum absolute atomic E-state index is 13.1. The number of para-hydroxylation sites is 1. The van der Waals surface area contributed by atoms with Crippen LogP contribution in [0.15, 0.2) is 83.8 Å². The number of sulfonamides is 1. The van der Waals surface area contributed by atoms with Gasteiger partial charge < -0.3 is 0 Å². The molecule has 0 fully saturated rings. The van der Waals surface area contributed by atoms with Crippen molar-refractivity contribution >= 4 is 33.2 Å². The van der Waals surface area contributed by atoms with E-state index in [-0.39, 0.29) is 16.4 Å². The normalized spacial score (nSPS) is 11.3. The molecule has 0 saturated heterocycles. The van der Waals surface area contributed by atoms with Crippen LogP contribution in [-0.4, -0.2) is 29.2 Å². The summed E-state index contributed by atoms with van der Waals surface area (Å²) >= 11 is 5.91. The summed E-state index contributed by atoms with van der Waals surface area (Å²) < 4.78 is 29.9. The number of ketones is 1. The minimum absolute atomic E-state index is 0.0493. The molecule has 31 heavy (non-hydrogen) atoms. The van der Waals surface area contributed by atoms with Gasteiger partial charge in [0.15, 0.2) is 11.5 Å². The van der Waals surface area contributed by atoms with Gasteiger partial charge >= 0.3 is 0 Å². The van der Waals surface area contributed by atoms with Crippen molar-refractivity contribution in [3.8, 4) is 5.69 Å². The second kappa shape index (κ2) is 8.33. The molecule has 9 heteroatoms. The first kappa shape index (κ1) is 20.8. The van der Waals surface area contributed by atoms with Gasteiger partial charge in [0, 0.05) is 10.6 Å². The van der Waals surface area contributed by atoms with Gasteiger partial charge in [-0.25, -0.2) is 8.42 Å². The third kappa shape index (κ3) is 4.35. The lowest BCUT2D eigenvalue weighted by atomic mass is 10.1. The van der Waals surface area contributed by atoms with Crippen molar-refractivity contribution in [1.29, 1.82) is 0 Å². The Bertz CT molecular complexity index is 1330. The van der Waals surface area contributed by atoms with E-state index in [9.17, 15) is 13.2 Å². The summed E-state index contributed by atoms with van der Waals surface area (Å²) in [6.45, 7) is 1.86. The summed E-state index contributed by atoms with van der Waals surface area (Å²) in [5, 5.41) is 8.50. The summed E-state index contributed by atoms with van der Waals surface area (Å²) in [6.07, 6.45) is 0. The standard InChI is InChI=1S/C22H17ClN4O3S/c1-15-7-13-19(14-8-15)31(29,30)25-22-20(21(28)16-9-11-17(23)12-10-16)24-26-27(22)18-5-3-2-4-6-18/h2-14,25H,1H3. The van der Waals surface area contributed by atoms with Gasteiger partial charge in [0.05, 0.1) is 10.6 Å². The lowest BCUT2D eigenvalue weighted by Gasteiger charge is -2.11. The SMILES string of the molecule is Cc1ccc(S(=O)(=O)Nc2c(C(=O)c3ccc(Cl)cc3)nnn2-c2ccccc2)cc1. The molecule has 0 bridgehead atoms. The molecule has 1 heterocycles. The van der Waals surface area contributed by atoms with E-state index >= 15 is 0 Å². The lowest BCUT2D eigenvalue weighted by molar-refractivity contribution is 0.103. The van der Waals surface area contributed by atoms with Crippen LogP contribution in [0.2, 0.25) is 5.02 Å². The quantitative estimate of drug-likeness (QED) is 0.441. The molecular weight excluding hydrogens is 436 g/mol. The molecule has 4 rings (SSSR count). The van der Waals surface area contributed by atoms with Gasteiger partial charge in [-0.1, -0.05) is 52.7 Å². The van der Waals surface area contributed by atoms with Crippen LogP contribution in [0, 0.1) is 6.92 Å². The fraction of sp³-hybridized carbons (Fsp3) is 0.0455. The third-order valence-corrected chi connectivity index (χ3v) is 6.16. The molecule has 0 amide bonds. The maximum Gasteiger partial charge on any atom is 0.263 e. The number of carbonyl (C=O) groups excluding carboxylic acids is 1. The average Bonchev–Trinajstić information content (AvgIpc) is 3.17. The van der Waals surface area contributed by atoms with Gasteiger partial charge in [-0.05, 0) is 55.5 Å². The Labute approximate surface area is 184 Å². The summed E-state index contributed by atoms with van der Waals surface area (Å²) in [6, 6.07) is 21.5. The fourth-order valence-electron chi connectivity index (χ4n) is 2.92. The molecule has 1 aromatic heterocycles. The molecule has 156 valence electrons. The summed E-state index contributed by atoms with van der Waals surface area (Å²) in [7, 11) is -4.00. The van der Waals surface area contributed by atoms with Crippen LogP contribution in [0.5, 0.6) is 0 Å². The highest BCUT2D eigenvalue weighted by Crippen LogP contribution is 2.25. The Morgan fingerprint density at radius 1 is 0.935 bits per heavy atom. The minimum Gasteiger partial charge on any atom is -0.287 e. The van der Waals surface area contributed by atoms with Crippen LogP contribution < -0.4 is 4.72 Å². The fourth-order valence-corrected chi connectivity index (χ4v) is 4.09. The van der Waals surface area contributed by atoms with Crippen LogP contribution in [0.1, 0.15) is 21.6 Å². The van der Waals surface area contributed by atoms with Gasteiger partial charge in [-0.2, -0.15) is 4.68 Å². The van der Waals surface area contributed by atoms with Crippen LogP contribution in [0.4, 0.5) is 5.82 Å². The van der Waals surface area contributed by atoms with Gasteiger partial charge in [-0.3, -0.25) is 9.52 Å². The zero-order valence-electron chi connectivity index (χ0n) is 16.4. The van der Waals surface area contributed by atoms with Crippen molar-refractivity contribution in [3.05, 3.63) is 101 Å². The molecule has 0 aliphatic rings. The molecule has 0 spiro atoms. The van der Waals surface area contributed by atoms with Crippen molar-refractivity contribution in [1.82, 2.24) is 15.0 Å². The summed E-state index contributed by atoms with van der Waals surface area (Å²) in [4.78, 5) is 13.2. The molecule has 0 atom stereocenters. The number of rotatable bonds is 6. The molecule has 0 aliphatic heterocycles. The lowest BCUT2D eigenvalue weighted by Crippen LogP contribution is -2.18. The first-order valence-corrected chi connectivity index (χ1v) is 11.1. The summed E-state index contributed by atoms with van der Waals surface area (Å²) in [5.41, 5.74) is 1.66. The van der Waals surface area contributed by atoms with Crippen LogP contribution in [-0.2, 0) is 10.0 Å². The van der Waals surface area contributed by atoms with E-state index in [4.69, 9.17) is 11.6 Å². The molecular formula is C22H17ClN4O3S. The predicted octanol–water partition coefficient (Wildman–Crippen LogP) is 4.26. The van der Waals surface area contributed by atoms with E-state index in [0.29, 0.717) is 16.3 Å². The Kier molecular flexibility index (Phi) is 5.58. The highest BCUT2D eigenvalue weighted by Gasteiger charge is 2.26. The Morgan fingerprint density at radius 3 is 2.23 bits per heavy atom. The van der Waals surface area contributed by atoms with Crippen molar-refractivity contribution in [3.63, 3.8) is 0 Å². The van der Waals surface area contributed by atoms with Gasteiger partial charge in [0.2, 0.25) is 5.78 Å². The highest BCUT2D eigenvalue weighted by molar-refractivity contribution is 7.92. The molecule has 7 nitrogen and oxygen atoms in total. The second-order valence-corrected chi connectivity index (χ2v) is 8.91. The second-order valence-electron chi connectivity index (χ2n) is 6.79. The zero-order valence-corrected chi connectivity index (χ0v) is 17.9. The van der Waals surface area contributed by atoms with Crippen molar-refractivity contribution in [2.45, 2.75) is 11.8 Å². The van der Waals surface area contributed by atoms with Crippen molar-refractivity contribution in [2.24, 2.45) is 0 Å². The van der Waals surface area contributed by atoms with Crippen LogP contribution in [0.3, 0.4) is 0 Å². The highest BCUT2D eigenvalue weighted by atomic mass is 35.5. The molecule has 3 aromatic carbocycles. The van der Waals surface area contributed by atoms with Crippen molar-refractivity contribution < 1.29 is 13.2 Å². The van der Waals surface area contributed by atoms with Crippen molar-refractivity contribution in [2.75, 3.05) is 4.72 Å². The van der Waals surface area contributed by atoms with E-state index < -0.39 is 15.8 Å². The number of anilines is 1. The Balaban J connectivity index is 1.82. The zero-order chi connectivity index (χ0) is 22.0. The van der Waals surface area contributed by atoms with Crippen LogP contribution in [0.25, 0.3) is 5.69 Å².